The molecule has 0 radical (unpaired) electrons. The Bertz CT molecular complexity index is 716. The third-order valence-corrected chi connectivity index (χ3v) is 8.27. The molecule has 0 aromatic carbocycles. The quantitative estimate of drug-likeness (QED) is 0.625. The van der Waals surface area contributed by atoms with Crippen LogP contribution in [0.4, 0.5) is 0 Å². The molecule has 0 heterocycles. The Morgan fingerprint density at radius 1 is 1.03 bits per heavy atom. The van der Waals surface area contributed by atoms with Crippen LogP contribution in [0.15, 0.2) is 0 Å². The first-order chi connectivity index (χ1) is 14.1. The third-order valence-electron chi connectivity index (χ3n) is 8.27. The molecule has 0 bridgehead atoms. The van der Waals surface area contributed by atoms with Gasteiger partial charge < -0.3 is 14.6 Å². The van der Waals surface area contributed by atoms with E-state index in [0.29, 0.717) is 31.8 Å². The number of hydrogen-bond acceptors (Lipinski definition) is 6. The van der Waals surface area contributed by atoms with Crippen LogP contribution in [0.5, 0.6) is 0 Å². The number of esters is 2. The summed E-state index contributed by atoms with van der Waals surface area (Å²) in [6.45, 7) is 5.08. The lowest BCUT2D eigenvalue weighted by Crippen LogP contribution is -2.54. The first kappa shape index (κ1) is 22.8. The van der Waals surface area contributed by atoms with Gasteiger partial charge in [0.25, 0.3) is 0 Å². The molecule has 3 unspecified atom stereocenters. The van der Waals surface area contributed by atoms with E-state index in [-0.39, 0.29) is 47.5 Å². The number of rotatable bonds is 7. The highest BCUT2D eigenvalue weighted by Gasteiger charge is 2.62. The fourth-order valence-corrected chi connectivity index (χ4v) is 6.96. The van der Waals surface area contributed by atoms with Gasteiger partial charge in [0.15, 0.2) is 0 Å². The van der Waals surface area contributed by atoms with Crippen LogP contribution in [-0.2, 0) is 28.7 Å². The van der Waals surface area contributed by atoms with Gasteiger partial charge in [0.1, 0.15) is 11.9 Å². The maximum absolute atomic E-state index is 12.9. The molecule has 7 heteroatoms. The van der Waals surface area contributed by atoms with Crippen LogP contribution in [0.1, 0.15) is 78.6 Å². The lowest BCUT2D eigenvalue weighted by atomic mass is 9.48. The molecule has 30 heavy (non-hydrogen) atoms. The zero-order valence-electron chi connectivity index (χ0n) is 18.3. The van der Waals surface area contributed by atoms with Crippen molar-refractivity contribution in [3.63, 3.8) is 0 Å². The van der Waals surface area contributed by atoms with Crippen molar-refractivity contribution in [3.8, 4) is 0 Å². The van der Waals surface area contributed by atoms with E-state index in [4.69, 9.17) is 9.47 Å². The number of carbonyl (C=O) groups excluding carboxylic acids is 3. The van der Waals surface area contributed by atoms with Gasteiger partial charge in [-0.2, -0.15) is 0 Å². The summed E-state index contributed by atoms with van der Waals surface area (Å²) in [5.74, 6) is -0.550. The summed E-state index contributed by atoms with van der Waals surface area (Å²) < 4.78 is 11.0. The minimum absolute atomic E-state index is 0.00376. The Kier molecular flexibility index (Phi) is 6.58. The predicted molar refractivity (Wildman–Crippen MR) is 107 cm³/mol. The number of hydrogen-bond donors (Lipinski definition) is 1. The number of carboxylic acids is 1. The van der Waals surface area contributed by atoms with E-state index in [1.54, 1.807) is 0 Å². The summed E-state index contributed by atoms with van der Waals surface area (Å²) >= 11 is 0. The number of Topliss-reactive ketones (excluding diaryl/α,β-unsaturated/α-hetero) is 1. The van der Waals surface area contributed by atoms with E-state index in [1.807, 2.05) is 6.92 Å². The number of ether oxygens (including phenoxy) is 2. The van der Waals surface area contributed by atoms with Gasteiger partial charge >= 0.3 is 17.9 Å². The standard InChI is InChI=1S/C23H34O7/c1-14(24)29-13-12-23-11-8-17-16(18(23)5-7-20(23)30-15(2)25)4-6-19(26)22(17,3)10-9-21(27)28/h16-18,20H,4-13H2,1-3H3,(H,27,28)/t16?,17?,18?,20-,22+,23+/m0/s1. The summed E-state index contributed by atoms with van der Waals surface area (Å²) in [7, 11) is 0. The number of aliphatic carboxylic acids is 1. The van der Waals surface area contributed by atoms with Gasteiger partial charge in [-0.3, -0.25) is 19.2 Å². The SMILES string of the molecule is CC(=O)OCC[C@]12CCC3C(CCC(=O)[C@]3(C)CCC(=O)O)C1CC[C@@H]2OC(C)=O. The molecule has 3 aliphatic rings. The van der Waals surface area contributed by atoms with Gasteiger partial charge in [-0.1, -0.05) is 6.92 Å². The van der Waals surface area contributed by atoms with E-state index in [0.717, 1.165) is 32.1 Å². The minimum Gasteiger partial charge on any atom is -0.481 e. The molecule has 3 saturated carbocycles. The Hall–Kier alpha value is -1.92. The van der Waals surface area contributed by atoms with Gasteiger partial charge in [0, 0.05) is 37.5 Å². The van der Waals surface area contributed by atoms with Crippen molar-refractivity contribution in [3.05, 3.63) is 0 Å². The molecular formula is C23H34O7. The van der Waals surface area contributed by atoms with Crippen molar-refractivity contribution in [2.45, 2.75) is 84.7 Å². The second-order valence-corrected chi connectivity index (χ2v) is 9.69. The minimum atomic E-state index is -0.867. The van der Waals surface area contributed by atoms with E-state index < -0.39 is 11.4 Å². The Morgan fingerprint density at radius 3 is 2.40 bits per heavy atom. The number of carboxylic acid groups (broad SMARTS) is 1. The van der Waals surface area contributed by atoms with Crippen LogP contribution in [0.2, 0.25) is 0 Å². The molecule has 0 saturated heterocycles. The van der Waals surface area contributed by atoms with Crippen molar-refractivity contribution >= 4 is 23.7 Å². The molecule has 0 aromatic rings. The molecule has 0 amide bonds. The number of carbonyl (C=O) groups is 4. The molecule has 7 nitrogen and oxygen atoms in total. The van der Waals surface area contributed by atoms with E-state index >= 15 is 0 Å². The summed E-state index contributed by atoms with van der Waals surface area (Å²) in [5, 5.41) is 9.19. The van der Waals surface area contributed by atoms with E-state index in [2.05, 4.69) is 0 Å². The average molecular weight is 423 g/mol. The maximum Gasteiger partial charge on any atom is 0.303 e. The molecule has 3 aliphatic carbocycles. The van der Waals surface area contributed by atoms with Crippen molar-refractivity contribution in [1.82, 2.24) is 0 Å². The first-order valence-corrected chi connectivity index (χ1v) is 11.2. The number of fused-ring (bicyclic) bond motifs is 3. The van der Waals surface area contributed by atoms with Gasteiger partial charge in [0.05, 0.1) is 6.61 Å². The summed E-state index contributed by atoms with van der Waals surface area (Å²) in [6.07, 6.45) is 5.43. The highest BCUT2D eigenvalue weighted by atomic mass is 16.5. The van der Waals surface area contributed by atoms with Crippen LogP contribution in [0.25, 0.3) is 0 Å². The summed E-state index contributed by atoms with van der Waals surface area (Å²) in [5.41, 5.74) is -0.848. The zero-order chi connectivity index (χ0) is 22.1. The van der Waals surface area contributed by atoms with Crippen molar-refractivity contribution in [2.24, 2.45) is 28.6 Å². The first-order valence-electron chi connectivity index (χ1n) is 11.2. The predicted octanol–water partition coefficient (Wildman–Crippen LogP) is 3.53. The molecule has 0 aliphatic heterocycles. The lowest BCUT2D eigenvalue weighted by molar-refractivity contribution is -0.167. The van der Waals surface area contributed by atoms with Gasteiger partial charge in [0.2, 0.25) is 0 Å². The van der Waals surface area contributed by atoms with Crippen LogP contribution in [0.3, 0.4) is 0 Å². The normalized spacial score (nSPS) is 37.8. The molecule has 3 rings (SSSR count). The molecule has 168 valence electrons. The van der Waals surface area contributed by atoms with Crippen molar-refractivity contribution < 1.29 is 33.8 Å². The second-order valence-electron chi connectivity index (χ2n) is 9.69. The molecular weight excluding hydrogens is 388 g/mol. The highest BCUT2D eigenvalue weighted by molar-refractivity contribution is 5.86. The largest absolute Gasteiger partial charge is 0.481 e. The van der Waals surface area contributed by atoms with Crippen molar-refractivity contribution in [1.29, 1.82) is 0 Å². The molecule has 3 fully saturated rings. The zero-order valence-corrected chi connectivity index (χ0v) is 18.3. The fraction of sp³-hybridized carbons (Fsp3) is 0.826. The lowest BCUT2D eigenvalue weighted by Gasteiger charge is -2.56. The third kappa shape index (κ3) is 4.12. The van der Waals surface area contributed by atoms with Crippen LogP contribution < -0.4 is 0 Å². The Labute approximate surface area is 177 Å². The van der Waals surface area contributed by atoms with Crippen LogP contribution in [0, 0.1) is 28.6 Å². The molecule has 1 N–H and O–H groups in total. The van der Waals surface area contributed by atoms with E-state index in [1.165, 1.54) is 13.8 Å². The fourth-order valence-electron chi connectivity index (χ4n) is 6.96. The average Bonchev–Trinajstić information content (AvgIpc) is 3.01. The smallest absolute Gasteiger partial charge is 0.303 e. The topological polar surface area (TPSA) is 107 Å². The highest BCUT2D eigenvalue weighted by Crippen LogP contribution is 2.64. The second kappa shape index (κ2) is 8.67. The van der Waals surface area contributed by atoms with E-state index in [9.17, 15) is 24.3 Å². The van der Waals surface area contributed by atoms with Gasteiger partial charge in [-0.15, -0.1) is 0 Å². The molecule has 0 spiro atoms. The van der Waals surface area contributed by atoms with Crippen LogP contribution >= 0.6 is 0 Å². The Balaban J connectivity index is 1.87. The maximum atomic E-state index is 12.9. The number of ketones is 1. The molecule has 6 atom stereocenters. The monoisotopic (exact) mass is 422 g/mol. The van der Waals surface area contributed by atoms with Crippen LogP contribution in [-0.4, -0.2) is 41.5 Å². The Morgan fingerprint density at radius 2 is 1.77 bits per heavy atom. The van der Waals surface area contributed by atoms with Gasteiger partial charge in [-0.05, 0) is 62.7 Å². The van der Waals surface area contributed by atoms with Gasteiger partial charge in [-0.25, -0.2) is 0 Å². The summed E-state index contributed by atoms with van der Waals surface area (Å²) in [6, 6.07) is 0. The molecule has 0 aromatic heterocycles. The summed E-state index contributed by atoms with van der Waals surface area (Å²) in [4.78, 5) is 47.2. The van der Waals surface area contributed by atoms with Crippen molar-refractivity contribution in [2.75, 3.05) is 6.61 Å².